The lowest BCUT2D eigenvalue weighted by Gasteiger charge is -2.29. The number of rotatable bonds is 6. The van der Waals surface area contributed by atoms with Crippen molar-refractivity contribution >= 4 is 11.6 Å². The van der Waals surface area contributed by atoms with E-state index in [2.05, 4.69) is 34.0 Å². The third kappa shape index (κ3) is 3.32. The maximum atomic E-state index is 9.00. The Balaban J connectivity index is 3.14. The van der Waals surface area contributed by atoms with E-state index in [0.29, 0.717) is 6.04 Å². The Kier molecular flexibility index (Phi) is 5.34. The van der Waals surface area contributed by atoms with Gasteiger partial charge in [0.2, 0.25) is 0 Å². The maximum Gasteiger partial charge on any atom is 0.137 e. The first-order valence-corrected chi connectivity index (χ1v) is 6.41. The van der Waals surface area contributed by atoms with Crippen LogP contribution in [0.4, 0.5) is 11.6 Å². The van der Waals surface area contributed by atoms with E-state index in [1.54, 1.807) is 0 Å². The molecule has 0 aliphatic carbocycles. The molecule has 5 nitrogen and oxygen atoms in total. The number of aromatic nitrogens is 2. The molecular formula is C13H24N4O. The van der Waals surface area contributed by atoms with E-state index in [9.17, 15) is 0 Å². The summed E-state index contributed by atoms with van der Waals surface area (Å²) in [6.45, 7) is 9.18. The normalized spacial score (nSPS) is 10.8. The highest BCUT2D eigenvalue weighted by molar-refractivity contribution is 5.58. The molecule has 0 aromatic carbocycles. The summed E-state index contributed by atoms with van der Waals surface area (Å²) >= 11 is 0. The van der Waals surface area contributed by atoms with Gasteiger partial charge >= 0.3 is 0 Å². The summed E-state index contributed by atoms with van der Waals surface area (Å²) in [5.74, 6) is 2.58. The van der Waals surface area contributed by atoms with Gasteiger partial charge in [0, 0.05) is 31.8 Å². The monoisotopic (exact) mass is 252 g/mol. The molecule has 0 radical (unpaired) electrons. The van der Waals surface area contributed by atoms with Crippen LogP contribution in [-0.2, 0) is 0 Å². The van der Waals surface area contributed by atoms with Crippen molar-refractivity contribution in [1.29, 1.82) is 0 Å². The molecule has 1 aromatic rings. The van der Waals surface area contributed by atoms with Crippen LogP contribution in [0.1, 0.15) is 31.7 Å². The minimum absolute atomic E-state index is 0.200. The first-order valence-electron chi connectivity index (χ1n) is 6.41. The second kappa shape index (κ2) is 6.54. The standard InChI is InChI=1S/C13H24N4O/c1-9(2)17(7-6-8-18)13-10(3)12(14-5)15-11(4)16-13/h9,18H,6-8H2,1-5H3,(H,14,15,16). The zero-order valence-corrected chi connectivity index (χ0v) is 12.0. The van der Waals surface area contributed by atoms with E-state index in [1.807, 2.05) is 20.9 Å². The first-order chi connectivity index (χ1) is 8.51. The highest BCUT2D eigenvalue weighted by Gasteiger charge is 2.17. The lowest BCUT2D eigenvalue weighted by Crippen LogP contribution is -2.34. The van der Waals surface area contributed by atoms with Crippen molar-refractivity contribution in [1.82, 2.24) is 9.97 Å². The minimum Gasteiger partial charge on any atom is -0.396 e. The molecule has 0 unspecified atom stereocenters. The van der Waals surface area contributed by atoms with Crippen molar-refractivity contribution in [3.05, 3.63) is 11.4 Å². The Bertz CT molecular complexity index is 393. The van der Waals surface area contributed by atoms with Gasteiger partial charge in [0.15, 0.2) is 0 Å². The van der Waals surface area contributed by atoms with Gasteiger partial charge in [0.05, 0.1) is 0 Å². The fraction of sp³-hybridized carbons (Fsp3) is 0.692. The van der Waals surface area contributed by atoms with Crippen molar-refractivity contribution in [2.45, 2.75) is 40.2 Å². The van der Waals surface area contributed by atoms with Crippen LogP contribution in [0.25, 0.3) is 0 Å². The number of nitrogens with zero attached hydrogens (tertiary/aromatic N) is 3. The number of hydrogen-bond acceptors (Lipinski definition) is 5. The van der Waals surface area contributed by atoms with Crippen LogP contribution in [0.2, 0.25) is 0 Å². The van der Waals surface area contributed by atoms with Gasteiger partial charge in [-0.15, -0.1) is 0 Å². The maximum absolute atomic E-state index is 9.00. The average Bonchev–Trinajstić information content (AvgIpc) is 2.32. The summed E-state index contributed by atoms with van der Waals surface area (Å²) < 4.78 is 0. The van der Waals surface area contributed by atoms with E-state index in [0.717, 1.165) is 36.0 Å². The zero-order valence-electron chi connectivity index (χ0n) is 12.0. The largest absolute Gasteiger partial charge is 0.396 e. The molecule has 1 heterocycles. The van der Waals surface area contributed by atoms with Gasteiger partial charge in [-0.25, -0.2) is 9.97 Å². The molecule has 0 fully saturated rings. The minimum atomic E-state index is 0.200. The van der Waals surface area contributed by atoms with Gasteiger partial charge in [-0.3, -0.25) is 0 Å². The van der Waals surface area contributed by atoms with Crippen LogP contribution in [0.3, 0.4) is 0 Å². The van der Waals surface area contributed by atoms with Gasteiger partial charge in [-0.2, -0.15) is 0 Å². The van der Waals surface area contributed by atoms with E-state index in [-0.39, 0.29) is 6.61 Å². The third-order valence-corrected chi connectivity index (χ3v) is 2.92. The van der Waals surface area contributed by atoms with Crippen molar-refractivity contribution < 1.29 is 5.11 Å². The van der Waals surface area contributed by atoms with E-state index < -0.39 is 0 Å². The van der Waals surface area contributed by atoms with Gasteiger partial charge < -0.3 is 15.3 Å². The molecule has 0 saturated heterocycles. The Morgan fingerprint density at radius 3 is 2.44 bits per heavy atom. The summed E-state index contributed by atoms with van der Waals surface area (Å²) in [4.78, 5) is 11.1. The Hall–Kier alpha value is -1.36. The highest BCUT2D eigenvalue weighted by Crippen LogP contribution is 2.24. The SMILES string of the molecule is CNc1nc(C)nc(N(CCCO)C(C)C)c1C. The van der Waals surface area contributed by atoms with Crippen LogP contribution >= 0.6 is 0 Å². The van der Waals surface area contributed by atoms with Crippen molar-refractivity contribution in [2.24, 2.45) is 0 Å². The second-order valence-electron chi connectivity index (χ2n) is 4.68. The van der Waals surface area contributed by atoms with E-state index >= 15 is 0 Å². The molecular weight excluding hydrogens is 228 g/mol. The third-order valence-electron chi connectivity index (χ3n) is 2.92. The van der Waals surface area contributed by atoms with Gasteiger partial charge in [0.1, 0.15) is 17.5 Å². The lowest BCUT2D eigenvalue weighted by molar-refractivity contribution is 0.288. The van der Waals surface area contributed by atoms with Crippen molar-refractivity contribution in [3.63, 3.8) is 0 Å². The number of nitrogens with one attached hydrogen (secondary N) is 1. The first kappa shape index (κ1) is 14.7. The van der Waals surface area contributed by atoms with Crippen LogP contribution < -0.4 is 10.2 Å². The molecule has 0 aliphatic rings. The fourth-order valence-electron chi connectivity index (χ4n) is 1.99. The molecule has 0 aliphatic heterocycles. The van der Waals surface area contributed by atoms with E-state index in [4.69, 9.17) is 5.11 Å². The predicted octanol–water partition coefficient (Wildman–Crippen LogP) is 1.73. The molecule has 5 heteroatoms. The van der Waals surface area contributed by atoms with Crippen LogP contribution in [0.15, 0.2) is 0 Å². The summed E-state index contributed by atoms with van der Waals surface area (Å²) in [6, 6.07) is 0.342. The summed E-state index contributed by atoms with van der Waals surface area (Å²) in [7, 11) is 1.87. The molecule has 2 N–H and O–H groups in total. The average molecular weight is 252 g/mol. The van der Waals surface area contributed by atoms with Gasteiger partial charge in [0.25, 0.3) is 0 Å². The van der Waals surface area contributed by atoms with Gasteiger partial charge in [-0.1, -0.05) is 0 Å². The number of aliphatic hydroxyl groups is 1. The zero-order chi connectivity index (χ0) is 13.7. The molecule has 0 saturated carbocycles. The van der Waals surface area contributed by atoms with Crippen molar-refractivity contribution in [2.75, 3.05) is 30.4 Å². The molecule has 1 aromatic heterocycles. The molecule has 1 rings (SSSR count). The molecule has 0 atom stereocenters. The van der Waals surface area contributed by atoms with Crippen molar-refractivity contribution in [3.8, 4) is 0 Å². The summed E-state index contributed by atoms with van der Waals surface area (Å²) in [5, 5.41) is 12.1. The summed E-state index contributed by atoms with van der Waals surface area (Å²) in [6.07, 6.45) is 0.746. The predicted molar refractivity (Wildman–Crippen MR) is 75.2 cm³/mol. The molecule has 0 bridgehead atoms. The second-order valence-corrected chi connectivity index (χ2v) is 4.68. The smallest absolute Gasteiger partial charge is 0.137 e. The molecule has 102 valence electrons. The van der Waals surface area contributed by atoms with E-state index in [1.165, 1.54) is 0 Å². The molecule has 0 amide bonds. The lowest BCUT2D eigenvalue weighted by atomic mass is 10.2. The number of aliphatic hydroxyl groups excluding tert-OH is 1. The number of anilines is 2. The molecule has 18 heavy (non-hydrogen) atoms. The Morgan fingerprint density at radius 2 is 1.94 bits per heavy atom. The van der Waals surface area contributed by atoms with Gasteiger partial charge in [-0.05, 0) is 34.1 Å². The number of hydrogen-bond donors (Lipinski definition) is 2. The topological polar surface area (TPSA) is 61.3 Å². The Labute approximate surface area is 109 Å². The van der Waals surface area contributed by atoms with Crippen LogP contribution in [0.5, 0.6) is 0 Å². The number of aryl methyl sites for hydroxylation is 1. The highest BCUT2D eigenvalue weighted by atomic mass is 16.3. The van der Waals surface area contributed by atoms with Crippen LogP contribution in [-0.4, -0.2) is 41.3 Å². The quantitative estimate of drug-likeness (QED) is 0.807. The molecule has 0 spiro atoms. The Morgan fingerprint density at radius 1 is 1.28 bits per heavy atom. The summed E-state index contributed by atoms with van der Waals surface area (Å²) in [5.41, 5.74) is 1.05. The van der Waals surface area contributed by atoms with Crippen LogP contribution in [0, 0.1) is 13.8 Å². The fourth-order valence-corrected chi connectivity index (χ4v) is 1.99.